The summed E-state index contributed by atoms with van der Waals surface area (Å²) in [5.74, 6) is 3.16. The van der Waals surface area contributed by atoms with Crippen LogP contribution in [-0.4, -0.2) is 57.8 Å². The molecule has 11 aromatic carbocycles. The minimum absolute atomic E-state index is 0.163. The summed E-state index contributed by atoms with van der Waals surface area (Å²) < 4.78 is 54.4. The van der Waals surface area contributed by atoms with E-state index < -0.39 is 5.97 Å². The van der Waals surface area contributed by atoms with Crippen LogP contribution in [0.4, 0.5) is 0 Å². The Hall–Kier alpha value is -11.1. The molecule has 15 rings (SSSR count). The molecule has 4 aromatic heterocycles. The molecule has 0 atom stereocenters. The lowest BCUT2D eigenvalue weighted by atomic mass is 10.2. The molecule has 0 unspecified atom stereocenters. The van der Waals surface area contributed by atoms with Crippen LogP contribution >= 0.6 is 0 Å². The summed E-state index contributed by atoms with van der Waals surface area (Å²) in [6.45, 7) is 5.93. The maximum Gasteiger partial charge on any atom is 0.338 e. The average molecular weight is 1300 g/mol. The highest BCUT2D eigenvalue weighted by Gasteiger charge is 2.17. The van der Waals surface area contributed by atoms with Crippen molar-refractivity contribution in [2.75, 3.05) is 33.5 Å². The number of nitrogens with zero attached hydrogens (tertiary/aromatic N) is 4. The van der Waals surface area contributed by atoms with Crippen LogP contribution in [0.15, 0.2) is 249 Å². The van der Waals surface area contributed by atoms with Crippen LogP contribution in [0.25, 0.3) is 87.2 Å². The average Bonchev–Trinajstić information content (AvgIpc) is 1.64. The molecule has 0 aliphatic heterocycles. The number of methoxy groups -OCH3 is 1. The van der Waals surface area contributed by atoms with Gasteiger partial charge in [0.2, 0.25) is 0 Å². The zero-order valence-corrected chi connectivity index (χ0v) is 55.5. The van der Waals surface area contributed by atoms with E-state index >= 15 is 0 Å². The van der Waals surface area contributed by atoms with Crippen LogP contribution < -0.4 is 28.4 Å². The molecular formula is C86H80N4O8. The monoisotopic (exact) mass is 1300 g/mol. The highest BCUT2D eigenvalue weighted by atomic mass is 16.5. The minimum atomic E-state index is -0.509. The second-order valence-electron chi connectivity index (χ2n) is 25.4. The smallest absolute Gasteiger partial charge is 0.338 e. The molecule has 0 bridgehead atoms. The number of hydrogen-bond acceptors (Lipinski definition) is 8. The van der Waals surface area contributed by atoms with E-state index in [2.05, 4.69) is 212 Å². The lowest BCUT2D eigenvalue weighted by molar-refractivity contribution is 0.0599. The van der Waals surface area contributed by atoms with E-state index in [1.807, 2.05) is 42.5 Å². The van der Waals surface area contributed by atoms with Crippen LogP contribution in [0.3, 0.4) is 0 Å². The molecule has 4 heterocycles. The van der Waals surface area contributed by atoms with E-state index in [-0.39, 0.29) is 13.2 Å². The minimum Gasteiger partial charge on any atom is -0.493 e. The van der Waals surface area contributed by atoms with Gasteiger partial charge in [0.25, 0.3) is 0 Å². The SMILES string of the molecule is COC(=O)c1cc(OCc2cc(OCCCCn3c4ccccc4c4ccccc43)cc(OCCCCn3c4ccccc4c4ccccc43)c2)cc(OCc2cc(OCCCCn3c4ccccc4c4ccccc43)cc(OCCCCn3c4ccccc4c4ccccc43)c2)c1. The van der Waals surface area contributed by atoms with E-state index in [0.29, 0.717) is 66.5 Å². The Kier molecular flexibility index (Phi) is 18.9. The number of hydrogen-bond donors (Lipinski definition) is 0. The van der Waals surface area contributed by atoms with Crippen LogP contribution in [0, 0.1) is 0 Å². The first-order chi connectivity index (χ1) is 48.5. The van der Waals surface area contributed by atoms with Crippen molar-refractivity contribution in [3.05, 3.63) is 265 Å². The van der Waals surface area contributed by atoms with Crippen molar-refractivity contribution in [2.45, 2.75) is 90.8 Å². The molecule has 492 valence electrons. The summed E-state index contributed by atoms with van der Waals surface area (Å²) in [4.78, 5) is 13.4. The molecule has 0 amide bonds. The van der Waals surface area contributed by atoms with Gasteiger partial charge in [0, 0.05) is 132 Å². The fraction of sp³-hybridized carbons (Fsp3) is 0.221. The molecule has 0 aliphatic carbocycles. The van der Waals surface area contributed by atoms with Gasteiger partial charge >= 0.3 is 5.97 Å². The number of aromatic nitrogens is 4. The lowest BCUT2D eigenvalue weighted by Gasteiger charge is -2.16. The summed E-state index contributed by atoms with van der Waals surface area (Å²) in [5, 5.41) is 10.2. The van der Waals surface area contributed by atoms with Crippen LogP contribution in [0.1, 0.15) is 72.9 Å². The van der Waals surface area contributed by atoms with Gasteiger partial charge in [-0.3, -0.25) is 0 Å². The maximum atomic E-state index is 13.4. The molecule has 0 fully saturated rings. The largest absolute Gasteiger partial charge is 0.493 e. The summed E-state index contributed by atoms with van der Waals surface area (Å²) >= 11 is 0. The van der Waals surface area contributed by atoms with E-state index in [9.17, 15) is 4.79 Å². The molecule has 0 saturated carbocycles. The highest BCUT2D eigenvalue weighted by molar-refractivity contribution is 6.10. The normalized spacial score (nSPS) is 11.7. The third kappa shape index (κ3) is 13.7. The fourth-order valence-corrected chi connectivity index (χ4v) is 14.3. The molecule has 0 spiro atoms. The summed E-state index contributed by atoms with van der Waals surface area (Å²) in [6, 6.07) is 86.3. The van der Waals surface area contributed by atoms with Crippen molar-refractivity contribution in [1.82, 2.24) is 18.3 Å². The number of benzene rings is 11. The van der Waals surface area contributed by atoms with Gasteiger partial charge in [-0.1, -0.05) is 146 Å². The molecule has 0 saturated heterocycles. The number of ether oxygens (including phenoxy) is 7. The molecule has 12 heteroatoms. The van der Waals surface area contributed by atoms with E-state index in [1.54, 1.807) is 12.1 Å². The van der Waals surface area contributed by atoms with Crippen LogP contribution in [-0.2, 0) is 44.1 Å². The number of fused-ring (bicyclic) bond motifs is 12. The third-order valence-electron chi connectivity index (χ3n) is 18.9. The second-order valence-corrected chi connectivity index (χ2v) is 25.4. The predicted octanol–water partition coefficient (Wildman–Crippen LogP) is 20.5. The quantitative estimate of drug-likeness (QED) is 0.0313. The third-order valence-corrected chi connectivity index (χ3v) is 18.9. The number of carbonyl (C=O) groups excluding carboxylic acids is 1. The van der Waals surface area contributed by atoms with Gasteiger partial charge in [0.1, 0.15) is 47.7 Å². The first kappa shape index (κ1) is 63.0. The summed E-state index contributed by atoms with van der Waals surface area (Å²) in [5.41, 5.74) is 11.9. The Morgan fingerprint density at radius 1 is 0.265 bits per heavy atom. The molecule has 12 nitrogen and oxygen atoms in total. The van der Waals surface area contributed by atoms with Crippen molar-refractivity contribution >= 4 is 93.2 Å². The van der Waals surface area contributed by atoms with Gasteiger partial charge in [-0.05, 0) is 147 Å². The number of rotatable bonds is 31. The maximum absolute atomic E-state index is 13.4. The second kappa shape index (κ2) is 29.5. The Morgan fingerprint density at radius 2 is 0.480 bits per heavy atom. The van der Waals surface area contributed by atoms with Crippen LogP contribution in [0.2, 0.25) is 0 Å². The summed E-state index contributed by atoms with van der Waals surface area (Å²) in [7, 11) is 1.38. The van der Waals surface area contributed by atoms with E-state index in [1.165, 1.54) is 94.3 Å². The Labute approximate surface area is 570 Å². The Bertz CT molecular complexity index is 4490. The number of esters is 1. The zero-order valence-electron chi connectivity index (χ0n) is 55.5. The predicted molar refractivity (Wildman–Crippen MR) is 396 cm³/mol. The van der Waals surface area contributed by atoms with Gasteiger partial charge in [-0.2, -0.15) is 0 Å². The number of para-hydroxylation sites is 8. The van der Waals surface area contributed by atoms with Gasteiger partial charge in [-0.25, -0.2) is 4.79 Å². The lowest BCUT2D eigenvalue weighted by Crippen LogP contribution is -2.06. The van der Waals surface area contributed by atoms with E-state index in [0.717, 1.165) is 88.7 Å². The van der Waals surface area contributed by atoms with Crippen molar-refractivity contribution in [1.29, 1.82) is 0 Å². The van der Waals surface area contributed by atoms with Gasteiger partial charge in [-0.15, -0.1) is 0 Å². The van der Waals surface area contributed by atoms with Crippen molar-refractivity contribution in [2.24, 2.45) is 0 Å². The standard InChI is InChI=1S/C86H80N4O8/c1-92-86(91)63-54-68(97-59-61-50-64(93-46-22-18-42-87-78-34-10-2-26-70(78)71-27-3-11-35-79(71)87)56-65(51-61)94-47-23-19-43-88-80-36-12-4-28-72(80)73-29-5-13-37-81(73)88)58-69(55-63)98-60-62-52-66(95-48-24-20-44-89-82-38-14-6-30-74(82)75-31-7-15-39-83(75)89)57-67(53-62)96-49-25-21-45-90-84-40-16-8-32-76(84)77-33-9-17-41-85(77)90/h2-17,26-41,50-58H,18-25,42-49,59-60H2,1H3. The molecular weight excluding hydrogens is 1220 g/mol. The Morgan fingerprint density at radius 3 is 0.704 bits per heavy atom. The van der Waals surface area contributed by atoms with Crippen molar-refractivity contribution in [3.63, 3.8) is 0 Å². The molecule has 15 aromatic rings. The van der Waals surface area contributed by atoms with E-state index in [4.69, 9.17) is 33.2 Å². The van der Waals surface area contributed by atoms with Crippen molar-refractivity contribution < 1.29 is 38.0 Å². The number of aryl methyl sites for hydroxylation is 4. The molecule has 0 aliphatic rings. The molecule has 98 heavy (non-hydrogen) atoms. The van der Waals surface area contributed by atoms with Gasteiger partial charge in [0.05, 0.1) is 39.1 Å². The number of unbranched alkanes of at least 4 members (excludes halogenated alkanes) is 4. The van der Waals surface area contributed by atoms with Crippen LogP contribution in [0.5, 0.6) is 34.5 Å². The van der Waals surface area contributed by atoms with Crippen molar-refractivity contribution in [3.8, 4) is 34.5 Å². The topological polar surface area (TPSA) is 101 Å². The first-order valence-electron chi connectivity index (χ1n) is 34.6. The fourth-order valence-electron chi connectivity index (χ4n) is 14.3. The van der Waals surface area contributed by atoms with Gasteiger partial charge < -0.3 is 51.4 Å². The molecule has 0 radical (unpaired) electrons. The highest BCUT2D eigenvalue weighted by Crippen LogP contribution is 2.36. The number of carbonyl (C=O) groups is 1. The van der Waals surface area contributed by atoms with Gasteiger partial charge in [0.15, 0.2) is 0 Å². The Balaban J connectivity index is 0.626. The molecule has 0 N–H and O–H groups in total. The first-order valence-corrected chi connectivity index (χ1v) is 34.6. The summed E-state index contributed by atoms with van der Waals surface area (Å²) in [6.07, 6.45) is 7.17. The zero-order chi connectivity index (χ0) is 66.0.